The minimum absolute atomic E-state index is 0.144. The Morgan fingerprint density at radius 1 is 1.00 bits per heavy atom. The van der Waals surface area contributed by atoms with Crippen molar-refractivity contribution in [3.63, 3.8) is 0 Å². The second-order valence-corrected chi connectivity index (χ2v) is 6.49. The van der Waals surface area contributed by atoms with E-state index >= 15 is 0 Å². The van der Waals surface area contributed by atoms with Crippen molar-refractivity contribution in [3.05, 3.63) is 90.5 Å². The van der Waals surface area contributed by atoms with Gasteiger partial charge in [-0.3, -0.25) is 9.59 Å². The largest absolute Gasteiger partial charge is 0.387 e. The van der Waals surface area contributed by atoms with E-state index in [1.165, 1.54) is 6.08 Å². The van der Waals surface area contributed by atoms with Gasteiger partial charge in [-0.25, -0.2) is 0 Å². The number of rotatable bonds is 7. The van der Waals surface area contributed by atoms with Crippen LogP contribution in [0, 0.1) is 0 Å². The number of hydrogen-bond acceptors (Lipinski definition) is 3. The Labute approximate surface area is 163 Å². The maximum atomic E-state index is 12.2. The Bertz CT molecular complexity index is 996. The summed E-state index contributed by atoms with van der Waals surface area (Å²) in [7, 11) is 0. The lowest BCUT2D eigenvalue weighted by Crippen LogP contribution is -2.29. The molecule has 0 spiro atoms. The lowest BCUT2D eigenvalue weighted by molar-refractivity contribution is -0.121. The molecular weight excluding hydrogens is 352 g/mol. The molecule has 142 valence electrons. The highest BCUT2D eigenvalue weighted by Gasteiger charge is 2.11. The summed E-state index contributed by atoms with van der Waals surface area (Å²) in [6, 6.07) is 20.7. The zero-order valence-corrected chi connectivity index (χ0v) is 15.4. The summed E-state index contributed by atoms with van der Waals surface area (Å²) >= 11 is 0. The first-order valence-electron chi connectivity index (χ1n) is 9.01. The number of anilines is 1. The van der Waals surface area contributed by atoms with E-state index in [1.54, 1.807) is 24.3 Å². The molecule has 0 heterocycles. The van der Waals surface area contributed by atoms with Gasteiger partial charge in [0.15, 0.2) is 0 Å². The summed E-state index contributed by atoms with van der Waals surface area (Å²) in [6.45, 7) is 3.54. The van der Waals surface area contributed by atoms with Crippen molar-refractivity contribution in [2.24, 2.45) is 0 Å². The third-order valence-corrected chi connectivity index (χ3v) is 4.42. The maximum absolute atomic E-state index is 12.2. The number of aliphatic hydroxyl groups is 1. The molecule has 5 heteroatoms. The van der Waals surface area contributed by atoms with Crippen LogP contribution in [0.1, 0.15) is 17.2 Å². The Morgan fingerprint density at radius 2 is 1.71 bits per heavy atom. The molecule has 0 saturated heterocycles. The summed E-state index contributed by atoms with van der Waals surface area (Å²) in [5, 5.41) is 17.9. The highest BCUT2D eigenvalue weighted by Crippen LogP contribution is 2.20. The number of nitrogens with one attached hydrogen (secondary N) is 2. The minimum atomic E-state index is -0.773. The Kier molecular flexibility index (Phi) is 6.19. The summed E-state index contributed by atoms with van der Waals surface area (Å²) in [4.78, 5) is 23.4. The van der Waals surface area contributed by atoms with Gasteiger partial charge in [0.2, 0.25) is 11.8 Å². The lowest BCUT2D eigenvalue weighted by atomic mass is 10.0. The molecule has 3 rings (SSSR count). The molecule has 3 N–H and O–H groups in total. The monoisotopic (exact) mass is 374 g/mol. The third kappa shape index (κ3) is 5.05. The van der Waals surface area contributed by atoms with Gasteiger partial charge in [-0.1, -0.05) is 55.1 Å². The fourth-order valence-corrected chi connectivity index (χ4v) is 2.89. The van der Waals surface area contributed by atoms with Gasteiger partial charge in [-0.2, -0.15) is 0 Å². The van der Waals surface area contributed by atoms with Crippen molar-refractivity contribution in [2.45, 2.75) is 12.5 Å². The van der Waals surface area contributed by atoms with Gasteiger partial charge >= 0.3 is 0 Å². The molecular formula is C23H22N2O3. The van der Waals surface area contributed by atoms with Gasteiger partial charge in [0.1, 0.15) is 0 Å². The molecule has 0 saturated carbocycles. The topological polar surface area (TPSA) is 78.4 Å². The zero-order valence-electron chi connectivity index (χ0n) is 15.4. The van der Waals surface area contributed by atoms with Crippen LogP contribution >= 0.6 is 0 Å². The number of carbonyl (C=O) groups excluding carboxylic acids is 2. The van der Waals surface area contributed by atoms with E-state index < -0.39 is 6.10 Å². The Hall–Kier alpha value is -3.44. The van der Waals surface area contributed by atoms with Gasteiger partial charge < -0.3 is 15.7 Å². The summed E-state index contributed by atoms with van der Waals surface area (Å²) in [5.41, 5.74) is 2.22. The van der Waals surface area contributed by atoms with E-state index in [1.807, 2.05) is 42.5 Å². The van der Waals surface area contributed by atoms with Gasteiger partial charge in [-0.05, 0) is 46.2 Å². The number of fused-ring (bicyclic) bond motifs is 1. The molecule has 5 nitrogen and oxygen atoms in total. The van der Waals surface area contributed by atoms with Crippen molar-refractivity contribution >= 4 is 28.3 Å². The third-order valence-electron chi connectivity index (χ3n) is 4.42. The van der Waals surface area contributed by atoms with E-state index in [0.717, 1.165) is 21.9 Å². The van der Waals surface area contributed by atoms with Crippen molar-refractivity contribution in [1.29, 1.82) is 0 Å². The fourth-order valence-electron chi connectivity index (χ4n) is 2.89. The van der Waals surface area contributed by atoms with Gasteiger partial charge in [0, 0.05) is 12.2 Å². The van der Waals surface area contributed by atoms with Gasteiger partial charge in [0.05, 0.1) is 12.5 Å². The van der Waals surface area contributed by atoms with E-state index in [4.69, 9.17) is 0 Å². The van der Waals surface area contributed by atoms with Gasteiger partial charge in [0.25, 0.3) is 0 Å². The Morgan fingerprint density at radius 3 is 2.43 bits per heavy atom. The van der Waals surface area contributed by atoms with Crippen LogP contribution in [-0.4, -0.2) is 23.5 Å². The van der Waals surface area contributed by atoms with Crippen LogP contribution in [-0.2, 0) is 16.0 Å². The van der Waals surface area contributed by atoms with Crippen LogP contribution in [0.3, 0.4) is 0 Å². The average molecular weight is 374 g/mol. The van der Waals surface area contributed by atoms with Crippen molar-refractivity contribution in [2.75, 3.05) is 11.9 Å². The van der Waals surface area contributed by atoms with E-state index in [0.29, 0.717) is 5.69 Å². The minimum Gasteiger partial charge on any atom is -0.387 e. The molecule has 3 aromatic carbocycles. The van der Waals surface area contributed by atoms with Crippen LogP contribution in [0.5, 0.6) is 0 Å². The molecule has 3 aromatic rings. The van der Waals surface area contributed by atoms with Crippen molar-refractivity contribution < 1.29 is 14.7 Å². The van der Waals surface area contributed by atoms with Crippen LogP contribution < -0.4 is 10.6 Å². The Balaban J connectivity index is 1.53. The van der Waals surface area contributed by atoms with Crippen LogP contribution in [0.2, 0.25) is 0 Å². The predicted octanol–water partition coefficient (Wildman–Crippen LogP) is 3.36. The normalized spacial score (nSPS) is 11.6. The number of amides is 2. The smallest absolute Gasteiger partial charge is 0.247 e. The summed E-state index contributed by atoms with van der Waals surface area (Å²) in [5.74, 6) is -0.462. The quantitative estimate of drug-likeness (QED) is 0.555. The second kappa shape index (κ2) is 8.97. The van der Waals surface area contributed by atoms with E-state index in [2.05, 4.69) is 17.2 Å². The van der Waals surface area contributed by atoms with Crippen molar-refractivity contribution in [1.82, 2.24) is 5.32 Å². The molecule has 1 unspecified atom stereocenters. The molecule has 0 aliphatic carbocycles. The van der Waals surface area contributed by atoms with Crippen LogP contribution in [0.4, 0.5) is 5.69 Å². The fraction of sp³-hybridized carbons (Fsp3) is 0.130. The molecule has 0 radical (unpaired) electrons. The van der Waals surface area contributed by atoms with Crippen molar-refractivity contribution in [3.8, 4) is 0 Å². The molecule has 2 amide bonds. The van der Waals surface area contributed by atoms with Gasteiger partial charge in [-0.15, -0.1) is 0 Å². The van der Waals surface area contributed by atoms with Crippen LogP contribution in [0.25, 0.3) is 10.8 Å². The van der Waals surface area contributed by atoms with E-state index in [9.17, 15) is 14.7 Å². The van der Waals surface area contributed by atoms with E-state index in [-0.39, 0.29) is 24.8 Å². The van der Waals surface area contributed by atoms with Crippen LogP contribution in [0.15, 0.2) is 79.4 Å². The SMILES string of the molecule is C=CC(=O)Nc1ccc(CC(=O)NCC(O)c2ccc3ccccc3c2)cc1. The highest BCUT2D eigenvalue weighted by molar-refractivity contribution is 5.98. The molecule has 28 heavy (non-hydrogen) atoms. The molecule has 0 bridgehead atoms. The highest BCUT2D eigenvalue weighted by atomic mass is 16.3. The molecule has 1 atom stereocenters. The number of aliphatic hydroxyl groups excluding tert-OH is 1. The first kappa shape index (κ1) is 19.3. The molecule has 0 aliphatic rings. The molecule has 0 aromatic heterocycles. The average Bonchev–Trinajstić information content (AvgIpc) is 2.73. The standard InChI is InChI=1S/C23H22N2O3/c1-2-22(27)25-20-11-7-16(8-12-20)13-23(28)24-15-21(26)19-10-9-17-5-3-4-6-18(17)14-19/h2-12,14,21,26H,1,13,15H2,(H,24,28)(H,25,27). The lowest BCUT2D eigenvalue weighted by Gasteiger charge is -2.13. The first-order valence-corrected chi connectivity index (χ1v) is 9.01. The summed E-state index contributed by atoms with van der Waals surface area (Å²) < 4.78 is 0. The first-order chi connectivity index (χ1) is 13.5. The number of hydrogen-bond donors (Lipinski definition) is 3. The summed E-state index contributed by atoms with van der Waals surface area (Å²) in [6.07, 6.45) is 0.618. The number of carbonyl (C=O) groups is 2. The predicted molar refractivity (Wildman–Crippen MR) is 111 cm³/mol. The maximum Gasteiger partial charge on any atom is 0.247 e. The number of benzene rings is 3. The molecule has 0 fully saturated rings. The second-order valence-electron chi connectivity index (χ2n) is 6.49. The molecule has 0 aliphatic heterocycles. The zero-order chi connectivity index (χ0) is 19.9.